The van der Waals surface area contributed by atoms with Crippen molar-refractivity contribution in [2.75, 3.05) is 13.6 Å². The number of rotatable bonds is 5. The van der Waals surface area contributed by atoms with E-state index >= 15 is 0 Å². The molecular weight excluding hydrogens is 198 g/mol. The summed E-state index contributed by atoms with van der Waals surface area (Å²) in [5, 5.41) is 8.16. The monoisotopic (exact) mass is 215 g/mol. The molecule has 0 radical (unpaired) electrons. The van der Waals surface area contributed by atoms with Crippen LogP contribution in [0.1, 0.15) is 31.9 Å². The third kappa shape index (κ3) is 2.49. The molecule has 0 aliphatic rings. The van der Waals surface area contributed by atoms with Crippen LogP contribution in [0.5, 0.6) is 0 Å². The summed E-state index contributed by atoms with van der Waals surface area (Å²) in [4.78, 5) is 0. The molecule has 0 saturated heterocycles. The molecule has 0 amide bonds. The fourth-order valence-electron chi connectivity index (χ4n) is 1.61. The highest BCUT2D eigenvalue weighted by atomic mass is 35.5. The van der Waals surface area contributed by atoms with E-state index in [9.17, 15) is 0 Å². The van der Waals surface area contributed by atoms with Crippen molar-refractivity contribution < 1.29 is 0 Å². The molecule has 1 atom stereocenters. The van der Waals surface area contributed by atoms with E-state index in [2.05, 4.69) is 24.3 Å². The number of nitrogens with one attached hydrogen (secondary N) is 1. The summed E-state index contributed by atoms with van der Waals surface area (Å²) in [6, 6.07) is 0. The summed E-state index contributed by atoms with van der Waals surface area (Å²) >= 11 is 6.09. The second-order valence-corrected chi connectivity index (χ2v) is 3.89. The number of aryl methyl sites for hydroxylation is 1. The first-order valence-electron chi connectivity index (χ1n) is 5.06. The Hall–Kier alpha value is -0.540. The lowest BCUT2D eigenvalue weighted by Crippen LogP contribution is -2.13. The normalized spacial score (nSPS) is 13.1. The van der Waals surface area contributed by atoms with Gasteiger partial charge in [0.05, 0.1) is 16.9 Å². The quantitative estimate of drug-likeness (QED) is 0.817. The molecule has 0 aliphatic heterocycles. The Labute approximate surface area is 90.4 Å². The summed E-state index contributed by atoms with van der Waals surface area (Å²) in [5.41, 5.74) is 1.16. The van der Waals surface area contributed by atoms with Gasteiger partial charge in [-0.2, -0.15) is 5.10 Å². The van der Waals surface area contributed by atoms with E-state index in [-0.39, 0.29) is 0 Å². The summed E-state index contributed by atoms with van der Waals surface area (Å²) in [6.45, 7) is 6.16. The van der Waals surface area contributed by atoms with Crippen molar-refractivity contribution in [3.63, 3.8) is 0 Å². The molecule has 1 aromatic heterocycles. The van der Waals surface area contributed by atoms with Gasteiger partial charge in [0.1, 0.15) is 0 Å². The lowest BCUT2D eigenvalue weighted by molar-refractivity contribution is 0.550. The predicted molar refractivity (Wildman–Crippen MR) is 59.9 cm³/mol. The van der Waals surface area contributed by atoms with E-state index in [4.69, 9.17) is 11.6 Å². The molecular formula is C10H18ClN3. The maximum absolute atomic E-state index is 6.09. The molecule has 1 heterocycles. The van der Waals surface area contributed by atoms with Crippen LogP contribution in [0.2, 0.25) is 5.02 Å². The fourth-order valence-corrected chi connectivity index (χ4v) is 1.94. The van der Waals surface area contributed by atoms with Crippen molar-refractivity contribution in [2.45, 2.75) is 32.7 Å². The standard InChI is InChI=1S/C10H18ClN3/c1-4-14-10(9(11)7-13-14)8(2)5-6-12-3/h7-8,12H,4-6H2,1-3H3. The summed E-state index contributed by atoms with van der Waals surface area (Å²) in [5.74, 6) is 0.456. The summed E-state index contributed by atoms with van der Waals surface area (Å²) in [7, 11) is 1.96. The highest BCUT2D eigenvalue weighted by molar-refractivity contribution is 6.31. The van der Waals surface area contributed by atoms with E-state index in [1.807, 2.05) is 11.7 Å². The molecule has 0 aromatic carbocycles. The Morgan fingerprint density at radius 1 is 1.64 bits per heavy atom. The smallest absolute Gasteiger partial charge is 0.0820 e. The molecule has 0 bridgehead atoms. The summed E-state index contributed by atoms with van der Waals surface area (Å²) in [6.07, 6.45) is 2.82. The molecule has 4 heteroatoms. The average Bonchev–Trinajstić information content (AvgIpc) is 2.56. The van der Waals surface area contributed by atoms with Crippen LogP contribution in [0.4, 0.5) is 0 Å². The molecule has 14 heavy (non-hydrogen) atoms. The third-order valence-electron chi connectivity index (χ3n) is 2.43. The van der Waals surface area contributed by atoms with Crippen LogP contribution in [-0.2, 0) is 6.54 Å². The van der Waals surface area contributed by atoms with Gasteiger partial charge >= 0.3 is 0 Å². The van der Waals surface area contributed by atoms with Crippen LogP contribution in [0.25, 0.3) is 0 Å². The highest BCUT2D eigenvalue weighted by Gasteiger charge is 2.14. The minimum absolute atomic E-state index is 0.456. The van der Waals surface area contributed by atoms with E-state index in [1.54, 1.807) is 6.20 Å². The first kappa shape index (κ1) is 11.5. The zero-order valence-corrected chi connectivity index (χ0v) is 9.80. The first-order valence-corrected chi connectivity index (χ1v) is 5.44. The van der Waals surface area contributed by atoms with Gasteiger partial charge in [-0.25, -0.2) is 0 Å². The number of halogens is 1. The van der Waals surface area contributed by atoms with Crippen molar-refractivity contribution in [3.05, 3.63) is 16.9 Å². The second kappa shape index (κ2) is 5.37. The van der Waals surface area contributed by atoms with Gasteiger partial charge in [-0.3, -0.25) is 4.68 Å². The van der Waals surface area contributed by atoms with Crippen molar-refractivity contribution in [2.24, 2.45) is 0 Å². The topological polar surface area (TPSA) is 29.9 Å². The van der Waals surface area contributed by atoms with Gasteiger partial charge < -0.3 is 5.32 Å². The number of hydrogen-bond acceptors (Lipinski definition) is 2. The Morgan fingerprint density at radius 2 is 2.36 bits per heavy atom. The maximum atomic E-state index is 6.09. The molecule has 0 saturated carbocycles. The number of nitrogens with zero attached hydrogens (tertiary/aromatic N) is 2. The van der Waals surface area contributed by atoms with Crippen LogP contribution >= 0.6 is 11.6 Å². The Balaban J connectivity index is 2.76. The molecule has 3 nitrogen and oxygen atoms in total. The fraction of sp³-hybridized carbons (Fsp3) is 0.700. The zero-order valence-electron chi connectivity index (χ0n) is 9.05. The van der Waals surface area contributed by atoms with Crippen LogP contribution in [0.3, 0.4) is 0 Å². The van der Waals surface area contributed by atoms with Crippen molar-refractivity contribution >= 4 is 11.6 Å². The second-order valence-electron chi connectivity index (χ2n) is 3.49. The van der Waals surface area contributed by atoms with Crippen molar-refractivity contribution in [1.29, 1.82) is 0 Å². The van der Waals surface area contributed by atoms with E-state index in [0.29, 0.717) is 5.92 Å². The maximum Gasteiger partial charge on any atom is 0.0820 e. The Kier molecular flexibility index (Phi) is 4.42. The minimum atomic E-state index is 0.456. The highest BCUT2D eigenvalue weighted by Crippen LogP contribution is 2.26. The van der Waals surface area contributed by atoms with Gasteiger partial charge in [-0.05, 0) is 26.9 Å². The van der Waals surface area contributed by atoms with Gasteiger partial charge in [0.25, 0.3) is 0 Å². The molecule has 1 aromatic rings. The summed E-state index contributed by atoms with van der Waals surface area (Å²) < 4.78 is 1.97. The molecule has 1 N–H and O–H groups in total. The van der Waals surface area contributed by atoms with E-state index in [1.165, 1.54) is 0 Å². The minimum Gasteiger partial charge on any atom is -0.320 e. The van der Waals surface area contributed by atoms with Crippen LogP contribution in [0.15, 0.2) is 6.20 Å². The Morgan fingerprint density at radius 3 is 2.93 bits per heavy atom. The van der Waals surface area contributed by atoms with Crippen LogP contribution < -0.4 is 5.32 Å². The zero-order chi connectivity index (χ0) is 10.6. The van der Waals surface area contributed by atoms with Crippen LogP contribution in [-0.4, -0.2) is 23.4 Å². The number of aromatic nitrogens is 2. The van der Waals surface area contributed by atoms with Gasteiger partial charge in [0, 0.05) is 12.5 Å². The average molecular weight is 216 g/mol. The lowest BCUT2D eigenvalue weighted by Gasteiger charge is -2.13. The molecule has 0 spiro atoms. The lowest BCUT2D eigenvalue weighted by atomic mass is 10.0. The first-order chi connectivity index (χ1) is 6.70. The number of hydrogen-bond donors (Lipinski definition) is 1. The third-order valence-corrected chi connectivity index (χ3v) is 2.72. The van der Waals surface area contributed by atoms with Gasteiger partial charge in [0.15, 0.2) is 0 Å². The van der Waals surface area contributed by atoms with Gasteiger partial charge in [0.2, 0.25) is 0 Å². The molecule has 1 rings (SSSR count). The SMILES string of the molecule is CCn1ncc(Cl)c1C(C)CCNC. The molecule has 0 aliphatic carbocycles. The Bertz CT molecular complexity index is 283. The largest absolute Gasteiger partial charge is 0.320 e. The predicted octanol–water partition coefficient (Wildman–Crippen LogP) is 2.27. The molecule has 80 valence electrons. The van der Waals surface area contributed by atoms with E-state index in [0.717, 1.165) is 30.2 Å². The molecule has 1 unspecified atom stereocenters. The van der Waals surface area contributed by atoms with E-state index < -0.39 is 0 Å². The van der Waals surface area contributed by atoms with Crippen molar-refractivity contribution in [3.8, 4) is 0 Å². The molecule has 0 fully saturated rings. The van der Waals surface area contributed by atoms with Gasteiger partial charge in [-0.1, -0.05) is 18.5 Å². The van der Waals surface area contributed by atoms with Gasteiger partial charge in [-0.15, -0.1) is 0 Å². The van der Waals surface area contributed by atoms with Crippen LogP contribution in [0, 0.1) is 0 Å². The van der Waals surface area contributed by atoms with Crippen molar-refractivity contribution in [1.82, 2.24) is 15.1 Å².